The topological polar surface area (TPSA) is 53.6 Å². The van der Waals surface area contributed by atoms with Crippen molar-refractivity contribution in [2.24, 2.45) is 0 Å². The summed E-state index contributed by atoms with van der Waals surface area (Å²) in [7, 11) is 0. The Morgan fingerprint density at radius 3 is 2.82 bits per heavy atom. The zero-order valence-electron chi connectivity index (χ0n) is 11.0. The summed E-state index contributed by atoms with van der Waals surface area (Å²) in [6.45, 7) is 10.3. The van der Waals surface area contributed by atoms with Crippen molar-refractivity contribution >= 4 is 5.91 Å². The van der Waals surface area contributed by atoms with Gasteiger partial charge in [-0.1, -0.05) is 13.8 Å². The molecule has 1 aliphatic rings. The fraction of sp³-hybridized carbons (Fsp3) is 0.917. The Hall–Kier alpha value is -0.650. The summed E-state index contributed by atoms with van der Waals surface area (Å²) in [6, 6.07) is 0. The van der Waals surface area contributed by atoms with Crippen LogP contribution in [0.4, 0.5) is 0 Å². The van der Waals surface area contributed by atoms with E-state index in [0.717, 1.165) is 39.3 Å². The lowest BCUT2D eigenvalue weighted by atomic mass is 10.2. The van der Waals surface area contributed by atoms with Crippen LogP contribution < -0.4 is 10.6 Å². The van der Waals surface area contributed by atoms with Crippen LogP contribution in [0, 0.1) is 0 Å². The largest absolute Gasteiger partial charge is 0.375 e. The van der Waals surface area contributed by atoms with Crippen molar-refractivity contribution < 1.29 is 9.53 Å². The van der Waals surface area contributed by atoms with Gasteiger partial charge in [0.05, 0.1) is 19.1 Å². The van der Waals surface area contributed by atoms with Gasteiger partial charge in [-0.2, -0.15) is 0 Å². The minimum absolute atomic E-state index is 0.0391. The number of nitrogens with one attached hydrogen (secondary N) is 2. The Kier molecular flexibility index (Phi) is 7.16. The van der Waals surface area contributed by atoms with Crippen LogP contribution in [0.5, 0.6) is 0 Å². The number of carbonyl (C=O) groups excluding carboxylic acids is 1. The average Bonchev–Trinajstić information content (AvgIpc) is 2.36. The summed E-state index contributed by atoms with van der Waals surface area (Å²) in [5, 5.41) is 6.16. The van der Waals surface area contributed by atoms with Gasteiger partial charge in [0, 0.05) is 26.2 Å². The molecule has 0 spiro atoms. The van der Waals surface area contributed by atoms with Crippen LogP contribution >= 0.6 is 0 Å². The molecule has 100 valence electrons. The zero-order chi connectivity index (χ0) is 12.5. The molecular formula is C12H25N3O2. The van der Waals surface area contributed by atoms with E-state index in [-0.39, 0.29) is 12.0 Å². The Labute approximate surface area is 104 Å². The van der Waals surface area contributed by atoms with Gasteiger partial charge >= 0.3 is 0 Å². The molecule has 1 rings (SSSR count). The molecule has 1 atom stereocenters. The van der Waals surface area contributed by atoms with Gasteiger partial charge in [-0.3, -0.25) is 4.79 Å². The molecule has 1 saturated heterocycles. The summed E-state index contributed by atoms with van der Waals surface area (Å²) in [5.41, 5.74) is 0. The average molecular weight is 243 g/mol. The third-order valence-electron chi connectivity index (χ3n) is 3.06. The predicted molar refractivity (Wildman–Crippen MR) is 68.0 cm³/mol. The molecule has 1 aliphatic heterocycles. The highest BCUT2D eigenvalue weighted by atomic mass is 16.5. The fourth-order valence-electron chi connectivity index (χ4n) is 1.92. The zero-order valence-corrected chi connectivity index (χ0v) is 11.0. The quantitative estimate of drug-likeness (QED) is 0.651. The second-order valence-corrected chi connectivity index (χ2v) is 4.28. The van der Waals surface area contributed by atoms with Crippen LogP contribution in [0.3, 0.4) is 0 Å². The summed E-state index contributed by atoms with van der Waals surface area (Å²) in [4.78, 5) is 13.9. The van der Waals surface area contributed by atoms with Crippen LogP contribution in [-0.4, -0.2) is 62.8 Å². The molecule has 1 amide bonds. The van der Waals surface area contributed by atoms with Crippen LogP contribution in [0.1, 0.15) is 20.3 Å². The highest BCUT2D eigenvalue weighted by Gasteiger charge is 2.16. The second kappa shape index (κ2) is 8.44. The minimum atomic E-state index is 0.0391. The van der Waals surface area contributed by atoms with Gasteiger partial charge in [-0.25, -0.2) is 0 Å². The maximum Gasteiger partial charge on any atom is 0.222 e. The fourth-order valence-corrected chi connectivity index (χ4v) is 1.92. The van der Waals surface area contributed by atoms with Crippen molar-refractivity contribution in [1.82, 2.24) is 15.5 Å². The second-order valence-electron chi connectivity index (χ2n) is 4.28. The first kappa shape index (κ1) is 14.4. The van der Waals surface area contributed by atoms with Crippen molar-refractivity contribution in [3.63, 3.8) is 0 Å². The number of likely N-dealkylation sites (N-methyl/N-ethyl adjacent to an activating group) is 1. The minimum Gasteiger partial charge on any atom is -0.375 e. The van der Waals surface area contributed by atoms with Gasteiger partial charge in [0.1, 0.15) is 0 Å². The molecule has 0 aromatic rings. The van der Waals surface area contributed by atoms with E-state index < -0.39 is 0 Å². The molecule has 1 fully saturated rings. The smallest absolute Gasteiger partial charge is 0.222 e. The normalized spacial score (nSPS) is 20.5. The van der Waals surface area contributed by atoms with Gasteiger partial charge in [0.25, 0.3) is 0 Å². The van der Waals surface area contributed by atoms with E-state index in [4.69, 9.17) is 4.74 Å². The van der Waals surface area contributed by atoms with Crippen molar-refractivity contribution in [3.8, 4) is 0 Å². The number of rotatable bonds is 7. The van der Waals surface area contributed by atoms with E-state index in [2.05, 4.69) is 29.4 Å². The Morgan fingerprint density at radius 1 is 1.47 bits per heavy atom. The number of amides is 1. The molecule has 0 bridgehead atoms. The van der Waals surface area contributed by atoms with Gasteiger partial charge in [0.15, 0.2) is 0 Å². The van der Waals surface area contributed by atoms with E-state index >= 15 is 0 Å². The van der Waals surface area contributed by atoms with Gasteiger partial charge in [-0.15, -0.1) is 0 Å². The first-order valence-corrected chi connectivity index (χ1v) is 6.57. The first-order valence-electron chi connectivity index (χ1n) is 6.57. The number of ether oxygens (including phenoxy) is 1. The molecule has 0 radical (unpaired) electrons. The van der Waals surface area contributed by atoms with Gasteiger partial charge < -0.3 is 20.3 Å². The molecule has 1 unspecified atom stereocenters. The van der Waals surface area contributed by atoms with Crippen LogP contribution in [0.15, 0.2) is 0 Å². The summed E-state index contributed by atoms with van der Waals surface area (Å²) < 4.78 is 5.48. The monoisotopic (exact) mass is 243 g/mol. The van der Waals surface area contributed by atoms with E-state index in [1.807, 2.05) is 0 Å². The standard InChI is InChI=1S/C12H25N3O2/c1-3-15(4-2)7-5-14-12(16)9-11-10-13-6-8-17-11/h11,13H,3-10H2,1-2H3,(H,14,16). The predicted octanol–water partition coefficient (Wildman–Crippen LogP) is -0.177. The molecule has 5 heteroatoms. The molecule has 17 heavy (non-hydrogen) atoms. The number of morpholine rings is 1. The molecule has 2 N–H and O–H groups in total. The first-order chi connectivity index (χ1) is 8.26. The SMILES string of the molecule is CCN(CC)CCNC(=O)CC1CNCCO1. The molecule has 0 aliphatic carbocycles. The Bertz CT molecular complexity index is 214. The molecule has 5 nitrogen and oxygen atoms in total. The maximum atomic E-state index is 11.6. The number of nitrogens with zero attached hydrogens (tertiary/aromatic N) is 1. The molecular weight excluding hydrogens is 218 g/mol. The Balaban J connectivity index is 2.07. The van der Waals surface area contributed by atoms with E-state index in [9.17, 15) is 4.79 Å². The number of hydrogen-bond donors (Lipinski definition) is 2. The third-order valence-corrected chi connectivity index (χ3v) is 3.06. The van der Waals surface area contributed by atoms with Crippen molar-refractivity contribution in [3.05, 3.63) is 0 Å². The van der Waals surface area contributed by atoms with Crippen LogP contribution in [-0.2, 0) is 9.53 Å². The summed E-state index contributed by atoms with van der Waals surface area (Å²) in [6.07, 6.45) is 0.503. The van der Waals surface area contributed by atoms with Crippen LogP contribution in [0.25, 0.3) is 0 Å². The number of carbonyl (C=O) groups is 1. The lowest BCUT2D eigenvalue weighted by Gasteiger charge is -2.23. The third kappa shape index (κ3) is 6.00. The van der Waals surface area contributed by atoms with Crippen molar-refractivity contribution in [1.29, 1.82) is 0 Å². The Morgan fingerprint density at radius 2 is 2.24 bits per heavy atom. The molecule has 1 heterocycles. The van der Waals surface area contributed by atoms with E-state index in [0.29, 0.717) is 13.0 Å². The highest BCUT2D eigenvalue weighted by molar-refractivity contribution is 5.76. The van der Waals surface area contributed by atoms with E-state index in [1.54, 1.807) is 0 Å². The maximum absolute atomic E-state index is 11.6. The van der Waals surface area contributed by atoms with Gasteiger partial charge in [-0.05, 0) is 13.1 Å². The highest BCUT2D eigenvalue weighted by Crippen LogP contribution is 2.00. The summed E-state index contributed by atoms with van der Waals surface area (Å²) >= 11 is 0. The lowest BCUT2D eigenvalue weighted by Crippen LogP contribution is -2.42. The lowest BCUT2D eigenvalue weighted by molar-refractivity contribution is -0.124. The molecule has 0 saturated carbocycles. The molecule has 0 aromatic heterocycles. The van der Waals surface area contributed by atoms with E-state index in [1.165, 1.54) is 0 Å². The van der Waals surface area contributed by atoms with Crippen LogP contribution in [0.2, 0.25) is 0 Å². The molecule has 0 aromatic carbocycles. The van der Waals surface area contributed by atoms with Gasteiger partial charge in [0.2, 0.25) is 5.91 Å². The van der Waals surface area contributed by atoms with Crippen molar-refractivity contribution in [2.45, 2.75) is 26.4 Å². The van der Waals surface area contributed by atoms with Crippen molar-refractivity contribution in [2.75, 3.05) is 45.9 Å². The summed E-state index contributed by atoms with van der Waals surface area (Å²) in [5.74, 6) is 0.0888. The number of hydrogen-bond acceptors (Lipinski definition) is 4.